The molecular formula is C22H26Cl3N3O2. The number of piperazine rings is 1. The van der Waals surface area contributed by atoms with E-state index in [-0.39, 0.29) is 30.6 Å². The average Bonchev–Trinajstić information content (AvgIpc) is 2.96. The largest absolute Gasteiger partial charge is 0.305 e. The zero-order valence-corrected chi connectivity index (χ0v) is 19.0. The number of rotatable bonds is 6. The van der Waals surface area contributed by atoms with E-state index >= 15 is 0 Å². The molecule has 30 heavy (non-hydrogen) atoms. The topological polar surface area (TPSA) is 43.9 Å². The van der Waals surface area contributed by atoms with Gasteiger partial charge >= 0.3 is 0 Å². The van der Waals surface area contributed by atoms with Gasteiger partial charge in [-0.15, -0.1) is 24.8 Å². The number of carbonyl (C=O) groups excluding carboxylic acids is 2. The van der Waals surface area contributed by atoms with Crippen molar-refractivity contribution in [2.24, 2.45) is 0 Å². The third-order valence-corrected chi connectivity index (χ3v) is 5.77. The molecule has 5 nitrogen and oxygen atoms in total. The first kappa shape index (κ1) is 24.6. The summed E-state index contributed by atoms with van der Waals surface area (Å²) in [6.07, 6.45) is 0.866. The molecule has 0 spiro atoms. The van der Waals surface area contributed by atoms with E-state index in [0.717, 1.165) is 56.4 Å². The number of fused-ring (bicyclic) bond motifs is 1. The number of Topliss-reactive ketones (excluding diaryl/α,β-unsaturated/α-hetero) is 1. The molecule has 0 atom stereocenters. The van der Waals surface area contributed by atoms with Gasteiger partial charge in [-0.25, -0.2) is 0 Å². The van der Waals surface area contributed by atoms with Gasteiger partial charge in [0, 0.05) is 44.3 Å². The van der Waals surface area contributed by atoms with E-state index < -0.39 is 5.91 Å². The minimum absolute atomic E-state index is 0. The Labute approximate surface area is 194 Å². The van der Waals surface area contributed by atoms with Crippen molar-refractivity contribution in [1.82, 2.24) is 9.80 Å². The normalized spacial score (nSPS) is 16.8. The van der Waals surface area contributed by atoms with Crippen LogP contribution in [0.4, 0.5) is 5.69 Å². The molecule has 0 radical (unpaired) electrons. The first-order chi connectivity index (χ1) is 13.6. The lowest BCUT2D eigenvalue weighted by Gasteiger charge is -2.35. The van der Waals surface area contributed by atoms with Crippen molar-refractivity contribution in [3.8, 4) is 0 Å². The summed E-state index contributed by atoms with van der Waals surface area (Å²) in [7, 11) is 0. The average molecular weight is 471 g/mol. The monoisotopic (exact) mass is 469 g/mol. The standard InChI is InChI=1S/C22H24ClN3O2.2ClH/c23-18-8-6-17(7-9-18)16-25-14-12-24(13-15-25)10-3-11-26-20-5-2-1-4-19(20)21(27)22(26)28;;/h1-2,4-9H,3,10-16H2;2*1H. The van der Waals surface area contributed by atoms with Crippen molar-refractivity contribution in [3.05, 3.63) is 64.7 Å². The SMILES string of the molecule is Cl.Cl.O=C1C(=O)N(CCCN2CCN(Cc3ccc(Cl)cc3)CC2)c2ccccc21. The number of anilines is 1. The van der Waals surface area contributed by atoms with Crippen molar-refractivity contribution in [3.63, 3.8) is 0 Å². The van der Waals surface area contributed by atoms with E-state index in [0.29, 0.717) is 12.1 Å². The Morgan fingerprint density at radius 1 is 0.800 bits per heavy atom. The van der Waals surface area contributed by atoms with Crippen LogP contribution in [0.1, 0.15) is 22.3 Å². The second-order valence-corrected chi connectivity index (χ2v) is 7.84. The molecule has 162 valence electrons. The number of carbonyl (C=O) groups is 2. The van der Waals surface area contributed by atoms with E-state index in [2.05, 4.69) is 21.9 Å². The lowest BCUT2D eigenvalue weighted by Crippen LogP contribution is -2.46. The molecule has 2 aliphatic rings. The Morgan fingerprint density at radius 2 is 1.43 bits per heavy atom. The van der Waals surface area contributed by atoms with Gasteiger partial charge in [-0.2, -0.15) is 0 Å². The van der Waals surface area contributed by atoms with Crippen LogP contribution in [0.15, 0.2) is 48.5 Å². The zero-order chi connectivity index (χ0) is 19.5. The molecule has 1 saturated heterocycles. The summed E-state index contributed by atoms with van der Waals surface area (Å²) in [6.45, 7) is 6.60. The van der Waals surface area contributed by atoms with Gasteiger partial charge in [-0.3, -0.25) is 14.5 Å². The molecule has 0 unspecified atom stereocenters. The predicted molar refractivity (Wildman–Crippen MR) is 125 cm³/mol. The molecule has 1 fully saturated rings. The van der Waals surface area contributed by atoms with Gasteiger partial charge in [0.05, 0.1) is 11.3 Å². The van der Waals surface area contributed by atoms with Gasteiger partial charge in [0.15, 0.2) is 0 Å². The highest BCUT2D eigenvalue weighted by atomic mass is 35.5. The van der Waals surface area contributed by atoms with Crippen LogP contribution in [0.2, 0.25) is 5.02 Å². The van der Waals surface area contributed by atoms with Gasteiger partial charge < -0.3 is 9.80 Å². The van der Waals surface area contributed by atoms with Crippen molar-refractivity contribution in [1.29, 1.82) is 0 Å². The Kier molecular flexibility index (Phi) is 9.13. The number of nitrogens with zero attached hydrogens (tertiary/aromatic N) is 3. The first-order valence-corrected chi connectivity index (χ1v) is 10.1. The van der Waals surface area contributed by atoms with Crippen LogP contribution in [-0.2, 0) is 11.3 Å². The lowest BCUT2D eigenvalue weighted by atomic mass is 10.1. The fraction of sp³-hybridized carbons (Fsp3) is 0.364. The molecule has 8 heteroatoms. The maximum atomic E-state index is 12.2. The number of hydrogen-bond donors (Lipinski definition) is 0. The van der Waals surface area contributed by atoms with Crippen molar-refractivity contribution < 1.29 is 9.59 Å². The van der Waals surface area contributed by atoms with E-state index in [1.807, 2.05) is 24.3 Å². The molecule has 2 aliphatic heterocycles. The number of amides is 1. The Hall–Kier alpha value is -1.63. The molecule has 0 aliphatic carbocycles. The van der Waals surface area contributed by atoms with Crippen molar-refractivity contribution in [2.45, 2.75) is 13.0 Å². The number of benzene rings is 2. The van der Waals surface area contributed by atoms with Gasteiger partial charge in [-0.1, -0.05) is 35.9 Å². The fourth-order valence-corrected chi connectivity index (χ4v) is 4.07. The third-order valence-electron chi connectivity index (χ3n) is 5.52. The summed E-state index contributed by atoms with van der Waals surface area (Å²) >= 11 is 5.95. The van der Waals surface area contributed by atoms with Crippen LogP contribution < -0.4 is 4.90 Å². The molecule has 2 aromatic rings. The Morgan fingerprint density at radius 3 is 2.13 bits per heavy atom. The minimum atomic E-state index is -0.394. The zero-order valence-electron chi connectivity index (χ0n) is 16.6. The number of hydrogen-bond acceptors (Lipinski definition) is 4. The highest BCUT2D eigenvalue weighted by Crippen LogP contribution is 2.28. The van der Waals surface area contributed by atoms with Crippen LogP contribution in [0.3, 0.4) is 0 Å². The third kappa shape index (κ3) is 5.54. The molecule has 0 saturated carbocycles. The molecular weight excluding hydrogens is 445 g/mol. The summed E-state index contributed by atoms with van der Waals surface area (Å²) < 4.78 is 0. The quantitative estimate of drug-likeness (QED) is 0.600. The van der Waals surface area contributed by atoms with Gasteiger partial charge in [0.25, 0.3) is 11.7 Å². The lowest BCUT2D eigenvalue weighted by molar-refractivity contribution is -0.114. The highest BCUT2D eigenvalue weighted by molar-refractivity contribution is 6.52. The number of ketones is 1. The van der Waals surface area contributed by atoms with Crippen molar-refractivity contribution >= 4 is 53.8 Å². The predicted octanol–water partition coefficient (Wildman–Crippen LogP) is 3.92. The molecule has 4 rings (SSSR count). The number of halogens is 3. The second-order valence-electron chi connectivity index (χ2n) is 7.40. The van der Waals surface area contributed by atoms with Gasteiger partial charge in [0.2, 0.25) is 0 Å². The van der Waals surface area contributed by atoms with E-state index in [1.54, 1.807) is 17.0 Å². The smallest absolute Gasteiger partial charge is 0.299 e. The highest BCUT2D eigenvalue weighted by Gasteiger charge is 2.34. The first-order valence-electron chi connectivity index (χ1n) is 9.76. The summed E-state index contributed by atoms with van der Waals surface area (Å²) in [5.41, 5.74) is 2.57. The van der Waals surface area contributed by atoms with Gasteiger partial charge in [-0.05, 0) is 42.8 Å². The van der Waals surface area contributed by atoms with E-state index in [9.17, 15) is 9.59 Å². The molecule has 0 N–H and O–H groups in total. The minimum Gasteiger partial charge on any atom is -0.305 e. The van der Waals surface area contributed by atoms with Crippen LogP contribution >= 0.6 is 36.4 Å². The van der Waals surface area contributed by atoms with E-state index in [1.165, 1.54) is 5.56 Å². The van der Waals surface area contributed by atoms with E-state index in [4.69, 9.17) is 11.6 Å². The maximum Gasteiger partial charge on any atom is 0.299 e. The Bertz CT molecular complexity index is 868. The molecule has 0 aromatic heterocycles. The van der Waals surface area contributed by atoms with Crippen LogP contribution in [0.25, 0.3) is 0 Å². The summed E-state index contributed by atoms with van der Waals surface area (Å²) in [6, 6.07) is 15.3. The molecule has 0 bridgehead atoms. The number of para-hydroxylation sites is 1. The molecule has 2 aromatic carbocycles. The van der Waals surface area contributed by atoms with Crippen LogP contribution in [0.5, 0.6) is 0 Å². The summed E-state index contributed by atoms with van der Waals surface area (Å²) in [4.78, 5) is 30.8. The summed E-state index contributed by atoms with van der Waals surface area (Å²) in [5.74, 6) is -0.777. The molecule has 1 amide bonds. The second kappa shape index (κ2) is 11.1. The fourth-order valence-electron chi connectivity index (χ4n) is 3.94. The maximum absolute atomic E-state index is 12.2. The molecule has 2 heterocycles. The summed E-state index contributed by atoms with van der Waals surface area (Å²) in [5, 5.41) is 0.773. The van der Waals surface area contributed by atoms with Crippen molar-refractivity contribution in [2.75, 3.05) is 44.2 Å². The van der Waals surface area contributed by atoms with Gasteiger partial charge in [0.1, 0.15) is 0 Å². The van der Waals surface area contributed by atoms with Crippen LogP contribution in [-0.4, -0.2) is 60.8 Å². The van der Waals surface area contributed by atoms with Crippen LogP contribution in [0, 0.1) is 0 Å². The Balaban J connectivity index is 0.00000160.